The summed E-state index contributed by atoms with van der Waals surface area (Å²) in [7, 11) is 0. The number of hydrogen-bond acceptors (Lipinski definition) is 3. The van der Waals surface area contributed by atoms with E-state index < -0.39 is 0 Å². The summed E-state index contributed by atoms with van der Waals surface area (Å²) in [6, 6.07) is 32.6. The zero-order valence-electron chi connectivity index (χ0n) is 15.2. The van der Waals surface area contributed by atoms with Crippen molar-refractivity contribution in [3.8, 4) is 33.6 Å². The molecule has 0 amide bonds. The van der Waals surface area contributed by atoms with Crippen LogP contribution in [-0.2, 0) is 0 Å². The highest BCUT2D eigenvalue weighted by Crippen LogP contribution is 2.31. The van der Waals surface area contributed by atoms with Crippen molar-refractivity contribution in [3.63, 3.8) is 0 Å². The fourth-order valence-electron chi connectivity index (χ4n) is 3.33. The number of nitrogens with zero attached hydrogens (tertiary/aromatic N) is 3. The Balaban J connectivity index is 1.75. The predicted molar refractivity (Wildman–Crippen MR) is 114 cm³/mol. The fourth-order valence-corrected chi connectivity index (χ4v) is 3.33. The van der Waals surface area contributed by atoms with Gasteiger partial charge in [0.1, 0.15) is 5.52 Å². The van der Waals surface area contributed by atoms with Crippen molar-refractivity contribution in [2.45, 2.75) is 0 Å². The maximum Gasteiger partial charge on any atom is 0.178 e. The molecule has 0 aliphatic heterocycles. The molecule has 0 saturated heterocycles. The summed E-state index contributed by atoms with van der Waals surface area (Å²) in [6.07, 6.45) is 1.86. The molecule has 5 aromatic rings. The monoisotopic (exact) mass is 359 g/mol. The lowest BCUT2D eigenvalue weighted by Gasteiger charge is -2.11. The number of pyridine rings is 1. The summed E-state index contributed by atoms with van der Waals surface area (Å²) in [5, 5.41) is 0. The smallest absolute Gasteiger partial charge is 0.178 e. The van der Waals surface area contributed by atoms with Gasteiger partial charge in [0.15, 0.2) is 5.65 Å². The third-order valence-electron chi connectivity index (χ3n) is 4.72. The molecule has 0 fully saturated rings. The van der Waals surface area contributed by atoms with E-state index in [0.717, 1.165) is 39.2 Å². The van der Waals surface area contributed by atoms with E-state index >= 15 is 0 Å². The Morgan fingerprint density at radius 2 is 0.964 bits per heavy atom. The highest BCUT2D eigenvalue weighted by atomic mass is 14.9. The standard InChI is InChI=1S/C25H17N3/c1-4-10-18(11-5-1)21-16-22-25(26-17-21)28-24(20-14-8-3-9-15-20)23(27-22)19-12-6-2-7-13-19/h1-17H. The second-order valence-electron chi connectivity index (χ2n) is 6.59. The lowest BCUT2D eigenvalue weighted by molar-refractivity contribution is 1.23. The van der Waals surface area contributed by atoms with Crippen LogP contribution in [0.4, 0.5) is 0 Å². The van der Waals surface area contributed by atoms with Crippen LogP contribution in [0, 0.1) is 0 Å². The maximum absolute atomic E-state index is 4.98. The van der Waals surface area contributed by atoms with Crippen molar-refractivity contribution in [2.24, 2.45) is 0 Å². The van der Waals surface area contributed by atoms with Crippen LogP contribution in [0.1, 0.15) is 0 Å². The quantitative estimate of drug-likeness (QED) is 0.395. The van der Waals surface area contributed by atoms with Crippen LogP contribution < -0.4 is 0 Å². The van der Waals surface area contributed by atoms with Gasteiger partial charge in [-0.2, -0.15) is 0 Å². The number of fused-ring (bicyclic) bond motifs is 1. The Kier molecular flexibility index (Phi) is 4.11. The molecule has 0 radical (unpaired) electrons. The molecule has 3 nitrogen and oxygen atoms in total. The van der Waals surface area contributed by atoms with E-state index in [4.69, 9.17) is 9.97 Å². The van der Waals surface area contributed by atoms with Crippen LogP contribution in [0.25, 0.3) is 44.8 Å². The first-order chi connectivity index (χ1) is 13.9. The maximum atomic E-state index is 4.98. The van der Waals surface area contributed by atoms with Gasteiger partial charge in [0.05, 0.1) is 11.4 Å². The summed E-state index contributed by atoms with van der Waals surface area (Å²) in [6.45, 7) is 0. The molecule has 0 atom stereocenters. The molecule has 132 valence electrons. The Hall–Kier alpha value is -3.85. The minimum Gasteiger partial charge on any atom is -0.242 e. The highest BCUT2D eigenvalue weighted by molar-refractivity contribution is 5.86. The minimum atomic E-state index is 0.651. The second-order valence-corrected chi connectivity index (χ2v) is 6.59. The summed E-state index contributed by atoms with van der Waals surface area (Å²) in [4.78, 5) is 14.5. The van der Waals surface area contributed by atoms with Crippen LogP contribution in [-0.4, -0.2) is 15.0 Å². The molecular weight excluding hydrogens is 342 g/mol. The lowest BCUT2D eigenvalue weighted by atomic mass is 10.0. The third-order valence-corrected chi connectivity index (χ3v) is 4.72. The molecule has 5 rings (SSSR count). The van der Waals surface area contributed by atoms with Crippen LogP contribution >= 0.6 is 0 Å². The van der Waals surface area contributed by atoms with Gasteiger partial charge in [0.2, 0.25) is 0 Å². The number of rotatable bonds is 3. The van der Waals surface area contributed by atoms with Gasteiger partial charge >= 0.3 is 0 Å². The molecule has 0 aliphatic rings. The zero-order valence-corrected chi connectivity index (χ0v) is 15.2. The molecule has 3 heteroatoms. The number of aromatic nitrogens is 3. The van der Waals surface area contributed by atoms with Gasteiger partial charge in [0.25, 0.3) is 0 Å². The zero-order chi connectivity index (χ0) is 18.8. The predicted octanol–water partition coefficient (Wildman–Crippen LogP) is 6.03. The van der Waals surface area contributed by atoms with Crippen molar-refractivity contribution in [3.05, 3.63) is 103 Å². The first-order valence-electron chi connectivity index (χ1n) is 9.22. The minimum absolute atomic E-state index is 0.651. The van der Waals surface area contributed by atoms with Gasteiger partial charge in [-0.25, -0.2) is 15.0 Å². The second kappa shape index (κ2) is 7.05. The summed E-state index contributed by atoms with van der Waals surface area (Å²) >= 11 is 0. The largest absolute Gasteiger partial charge is 0.242 e. The summed E-state index contributed by atoms with van der Waals surface area (Å²) in [5.74, 6) is 0. The Morgan fingerprint density at radius 1 is 0.464 bits per heavy atom. The highest BCUT2D eigenvalue weighted by Gasteiger charge is 2.14. The average Bonchev–Trinajstić information content (AvgIpc) is 2.79. The molecule has 3 aromatic carbocycles. The SMILES string of the molecule is c1ccc(-c2cnc3nc(-c4ccccc4)c(-c4ccccc4)nc3c2)cc1. The molecule has 0 N–H and O–H groups in total. The first kappa shape index (κ1) is 16.3. The van der Waals surface area contributed by atoms with Crippen LogP contribution in [0.3, 0.4) is 0 Å². The van der Waals surface area contributed by atoms with Gasteiger partial charge in [-0.15, -0.1) is 0 Å². The number of benzene rings is 3. The summed E-state index contributed by atoms with van der Waals surface area (Å²) in [5.41, 5.74) is 7.38. The van der Waals surface area contributed by atoms with Crippen molar-refractivity contribution < 1.29 is 0 Å². The topological polar surface area (TPSA) is 38.7 Å². The van der Waals surface area contributed by atoms with E-state index in [-0.39, 0.29) is 0 Å². The van der Waals surface area contributed by atoms with Crippen LogP contribution in [0.5, 0.6) is 0 Å². The Morgan fingerprint density at radius 3 is 1.54 bits per heavy atom. The molecule has 0 saturated carbocycles. The fraction of sp³-hybridized carbons (Fsp3) is 0. The molecule has 0 aliphatic carbocycles. The van der Waals surface area contributed by atoms with Gasteiger partial charge in [-0.05, 0) is 11.6 Å². The lowest BCUT2D eigenvalue weighted by Crippen LogP contribution is -1.97. The van der Waals surface area contributed by atoms with E-state index in [1.807, 2.05) is 60.8 Å². The van der Waals surface area contributed by atoms with E-state index in [1.54, 1.807) is 0 Å². The molecule has 0 unspecified atom stereocenters. The van der Waals surface area contributed by atoms with Crippen molar-refractivity contribution in [1.82, 2.24) is 15.0 Å². The van der Waals surface area contributed by atoms with Crippen molar-refractivity contribution in [1.29, 1.82) is 0 Å². The number of hydrogen-bond donors (Lipinski definition) is 0. The van der Waals surface area contributed by atoms with Gasteiger partial charge in [-0.3, -0.25) is 0 Å². The first-order valence-corrected chi connectivity index (χ1v) is 9.22. The van der Waals surface area contributed by atoms with Gasteiger partial charge in [0, 0.05) is 22.9 Å². The Labute approximate surface area is 163 Å². The third kappa shape index (κ3) is 3.03. The molecule has 0 spiro atoms. The van der Waals surface area contributed by atoms with Crippen LogP contribution in [0.15, 0.2) is 103 Å². The Bertz CT molecular complexity index is 1230. The molecule has 2 aromatic heterocycles. The van der Waals surface area contributed by atoms with E-state index in [1.165, 1.54) is 0 Å². The molecular formula is C25H17N3. The molecule has 2 heterocycles. The van der Waals surface area contributed by atoms with Gasteiger partial charge < -0.3 is 0 Å². The van der Waals surface area contributed by atoms with Crippen LogP contribution in [0.2, 0.25) is 0 Å². The van der Waals surface area contributed by atoms with E-state index in [2.05, 4.69) is 47.4 Å². The molecule has 28 heavy (non-hydrogen) atoms. The average molecular weight is 359 g/mol. The summed E-state index contributed by atoms with van der Waals surface area (Å²) < 4.78 is 0. The van der Waals surface area contributed by atoms with E-state index in [9.17, 15) is 0 Å². The van der Waals surface area contributed by atoms with Crippen molar-refractivity contribution in [2.75, 3.05) is 0 Å². The van der Waals surface area contributed by atoms with Gasteiger partial charge in [-0.1, -0.05) is 91.0 Å². The van der Waals surface area contributed by atoms with Crippen molar-refractivity contribution >= 4 is 11.2 Å². The normalized spacial score (nSPS) is 10.9. The van der Waals surface area contributed by atoms with E-state index in [0.29, 0.717) is 5.65 Å². The molecule has 0 bridgehead atoms.